The third kappa shape index (κ3) is 4.42. The van der Waals surface area contributed by atoms with Crippen molar-refractivity contribution < 1.29 is 9.90 Å². The van der Waals surface area contributed by atoms with Crippen LogP contribution < -0.4 is 10.6 Å². The van der Waals surface area contributed by atoms with Crippen LogP contribution in [-0.4, -0.2) is 35.3 Å². The Morgan fingerprint density at radius 2 is 2.17 bits per heavy atom. The summed E-state index contributed by atoms with van der Waals surface area (Å²) in [5.74, 6) is 0.212. The molecule has 1 fully saturated rings. The average molecular weight is 333 g/mol. The second kappa shape index (κ2) is 7.75. The molecule has 23 heavy (non-hydrogen) atoms. The number of benzene rings is 1. The van der Waals surface area contributed by atoms with E-state index in [1.807, 2.05) is 18.2 Å². The first-order valence-electron chi connectivity index (χ1n) is 8.26. The molecule has 1 aliphatic rings. The Kier molecular flexibility index (Phi) is 5.46. The molecular weight excluding hydrogens is 310 g/mol. The van der Waals surface area contributed by atoms with Crippen LogP contribution in [0, 0.1) is 5.92 Å². The third-order valence-corrected chi connectivity index (χ3v) is 5.43. The van der Waals surface area contributed by atoms with Crippen LogP contribution in [0.15, 0.2) is 24.3 Å². The van der Waals surface area contributed by atoms with Gasteiger partial charge < -0.3 is 15.7 Å². The fourth-order valence-electron chi connectivity index (χ4n) is 3.01. The van der Waals surface area contributed by atoms with E-state index in [9.17, 15) is 9.90 Å². The molecule has 3 rings (SSSR count). The lowest BCUT2D eigenvalue weighted by atomic mass is 10.1. The lowest BCUT2D eigenvalue weighted by Gasteiger charge is -2.15. The predicted octanol–water partition coefficient (Wildman–Crippen LogP) is 2.69. The highest BCUT2D eigenvalue weighted by Gasteiger charge is 2.25. The molecule has 1 aliphatic carbocycles. The Balaban J connectivity index is 1.33. The van der Waals surface area contributed by atoms with Crippen LogP contribution >= 0.6 is 11.3 Å². The van der Waals surface area contributed by atoms with Crippen molar-refractivity contribution in [1.82, 2.24) is 15.6 Å². The number of rotatable bonds is 6. The van der Waals surface area contributed by atoms with E-state index in [2.05, 4.69) is 21.7 Å². The summed E-state index contributed by atoms with van der Waals surface area (Å²) in [6.07, 6.45) is 4.40. The molecule has 3 N–H and O–H groups in total. The number of aliphatic hydroxyl groups excluding tert-OH is 1. The maximum absolute atomic E-state index is 11.7. The number of aromatic nitrogens is 1. The minimum Gasteiger partial charge on any atom is -0.393 e. The number of hydrogen-bond acceptors (Lipinski definition) is 4. The van der Waals surface area contributed by atoms with Crippen LogP contribution in [0.4, 0.5) is 4.79 Å². The largest absolute Gasteiger partial charge is 0.393 e. The molecule has 124 valence electrons. The third-order valence-electron chi connectivity index (χ3n) is 4.33. The number of fused-ring (bicyclic) bond motifs is 1. The number of aliphatic hydroxyl groups is 1. The summed E-state index contributed by atoms with van der Waals surface area (Å²) < 4.78 is 1.21. The van der Waals surface area contributed by atoms with Gasteiger partial charge in [0.2, 0.25) is 0 Å². The zero-order valence-corrected chi connectivity index (χ0v) is 13.9. The molecule has 0 bridgehead atoms. The molecule has 0 radical (unpaired) electrons. The van der Waals surface area contributed by atoms with E-state index in [0.29, 0.717) is 13.1 Å². The van der Waals surface area contributed by atoms with Crippen molar-refractivity contribution in [3.8, 4) is 0 Å². The van der Waals surface area contributed by atoms with Gasteiger partial charge in [-0.2, -0.15) is 0 Å². The summed E-state index contributed by atoms with van der Waals surface area (Å²) in [5, 5.41) is 16.6. The number of nitrogens with one attached hydrogen (secondary N) is 2. The van der Waals surface area contributed by atoms with Gasteiger partial charge in [-0.15, -0.1) is 11.3 Å². The topological polar surface area (TPSA) is 74.2 Å². The molecular formula is C17H23N3O2S. The van der Waals surface area contributed by atoms with Crippen LogP contribution in [-0.2, 0) is 6.42 Å². The lowest BCUT2D eigenvalue weighted by molar-refractivity contribution is 0.132. The van der Waals surface area contributed by atoms with Crippen LogP contribution in [0.25, 0.3) is 10.2 Å². The van der Waals surface area contributed by atoms with E-state index in [-0.39, 0.29) is 18.1 Å². The molecule has 0 aliphatic heterocycles. The normalized spacial score (nSPS) is 20.7. The van der Waals surface area contributed by atoms with Crippen molar-refractivity contribution in [2.75, 3.05) is 13.1 Å². The second-order valence-electron chi connectivity index (χ2n) is 6.07. The van der Waals surface area contributed by atoms with E-state index in [4.69, 9.17) is 0 Å². The number of carbonyl (C=O) groups is 1. The van der Waals surface area contributed by atoms with Crippen LogP contribution in [0.5, 0.6) is 0 Å². The Morgan fingerprint density at radius 1 is 1.30 bits per heavy atom. The molecule has 5 nitrogen and oxygen atoms in total. The van der Waals surface area contributed by atoms with Gasteiger partial charge in [0.25, 0.3) is 0 Å². The van der Waals surface area contributed by atoms with Crippen molar-refractivity contribution in [3.63, 3.8) is 0 Å². The first kappa shape index (κ1) is 16.2. The predicted molar refractivity (Wildman–Crippen MR) is 92.7 cm³/mol. The number of aryl methyl sites for hydroxylation is 1. The van der Waals surface area contributed by atoms with Gasteiger partial charge in [0, 0.05) is 25.4 Å². The molecule has 6 heteroatoms. The summed E-state index contributed by atoms with van der Waals surface area (Å²) in [4.78, 5) is 16.3. The standard InChI is InChI=1S/C17H23N3O2S/c21-14-7-3-5-12(14)11-19-17(22)18-10-4-9-16-20-13-6-1-2-8-15(13)23-16/h1-2,6,8,12,14,21H,3-5,7,9-11H2,(H2,18,19,22)/t12-,14+/m1/s1. The first-order valence-corrected chi connectivity index (χ1v) is 9.08. The van der Waals surface area contributed by atoms with Gasteiger partial charge in [-0.25, -0.2) is 9.78 Å². The number of carbonyl (C=O) groups excluding carboxylic acids is 1. The summed E-state index contributed by atoms with van der Waals surface area (Å²) in [5.41, 5.74) is 1.05. The molecule has 0 saturated heterocycles. The minimum atomic E-state index is -0.255. The molecule has 1 aromatic carbocycles. The molecule has 0 unspecified atom stereocenters. The summed E-state index contributed by atoms with van der Waals surface area (Å²) in [6.45, 7) is 1.19. The summed E-state index contributed by atoms with van der Waals surface area (Å²) in [6, 6.07) is 7.99. The van der Waals surface area contributed by atoms with Gasteiger partial charge in [0.05, 0.1) is 21.3 Å². The van der Waals surface area contributed by atoms with Crippen LogP contribution in [0.1, 0.15) is 30.7 Å². The van der Waals surface area contributed by atoms with Crippen molar-refractivity contribution in [2.45, 2.75) is 38.2 Å². The summed E-state index contributed by atoms with van der Waals surface area (Å²) in [7, 11) is 0. The minimum absolute atomic E-state index is 0.145. The van der Waals surface area contributed by atoms with E-state index < -0.39 is 0 Å². The number of nitrogens with zero attached hydrogens (tertiary/aromatic N) is 1. The average Bonchev–Trinajstić information content (AvgIpc) is 3.15. The highest BCUT2D eigenvalue weighted by molar-refractivity contribution is 7.18. The van der Waals surface area contributed by atoms with Crippen molar-refractivity contribution in [1.29, 1.82) is 0 Å². The Morgan fingerprint density at radius 3 is 2.96 bits per heavy atom. The molecule has 2 atom stereocenters. The first-order chi connectivity index (χ1) is 11.2. The quantitative estimate of drug-likeness (QED) is 0.712. The smallest absolute Gasteiger partial charge is 0.314 e. The van der Waals surface area contributed by atoms with E-state index in [1.54, 1.807) is 11.3 Å². The highest BCUT2D eigenvalue weighted by Crippen LogP contribution is 2.24. The zero-order valence-electron chi connectivity index (χ0n) is 13.1. The fourth-order valence-corrected chi connectivity index (χ4v) is 4.02. The zero-order chi connectivity index (χ0) is 16.1. The van der Waals surface area contributed by atoms with E-state index in [1.165, 1.54) is 4.70 Å². The number of para-hydroxylation sites is 1. The number of urea groups is 1. The van der Waals surface area contributed by atoms with Crippen molar-refractivity contribution in [2.24, 2.45) is 5.92 Å². The molecule has 1 aromatic heterocycles. The molecule has 1 saturated carbocycles. The lowest BCUT2D eigenvalue weighted by Crippen LogP contribution is -2.40. The second-order valence-corrected chi connectivity index (χ2v) is 7.19. The van der Waals surface area contributed by atoms with Crippen molar-refractivity contribution in [3.05, 3.63) is 29.3 Å². The SMILES string of the molecule is O=C(NCCCc1nc2ccccc2s1)NC[C@H]1CCC[C@@H]1O. The number of hydrogen-bond donors (Lipinski definition) is 3. The van der Waals surface area contributed by atoms with Gasteiger partial charge in [-0.1, -0.05) is 18.6 Å². The van der Waals surface area contributed by atoms with Gasteiger partial charge >= 0.3 is 6.03 Å². The fraction of sp³-hybridized carbons (Fsp3) is 0.529. The molecule has 2 amide bonds. The van der Waals surface area contributed by atoms with Crippen LogP contribution in [0.3, 0.4) is 0 Å². The van der Waals surface area contributed by atoms with E-state index in [0.717, 1.165) is 42.6 Å². The van der Waals surface area contributed by atoms with Gasteiger partial charge in [-0.3, -0.25) is 0 Å². The monoisotopic (exact) mass is 333 g/mol. The highest BCUT2D eigenvalue weighted by atomic mass is 32.1. The van der Waals surface area contributed by atoms with E-state index >= 15 is 0 Å². The maximum Gasteiger partial charge on any atom is 0.314 e. The number of thiazole rings is 1. The number of amides is 2. The Bertz CT molecular complexity index is 625. The van der Waals surface area contributed by atoms with Crippen LogP contribution in [0.2, 0.25) is 0 Å². The molecule has 0 spiro atoms. The maximum atomic E-state index is 11.7. The van der Waals surface area contributed by atoms with Crippen molar-refractivity contribution >= 4 is 27.6 Å². The Hall–Kier alpha value is -1.66. The molecule has 1 heterocycles. The Labute approximate surface area is 140 Å². The van der Waals surface area contributed by atoms with Gasteiger partial charge in [0.1, 0.15) is 0 Å². The summed E-state index contributed by atoms with van der Waals surface area (Å²) >= 11 is 1.72. The molecule has 2 aromatic rings. The van der Waals surface area contributed by atoms with Gasteiger partial charge in [0.15, 0.2) is 0 Å². The van der Waals surface area contributed by atoms with Gasteiger partial charge in [-0.05, 0) is 31.4 Å².